The molecule has 1 aliphatic carbocycles. The van der Waals surface area contributed by atoms with Crippen LogP contribution in [0.4, 0.5) is 13.2 Å². The number of allylic oxidation sites excluding steroid dienone is 1. The lowest BCUT2D eigenvalue weighted by atomic mass is 10.2. The highest BCUT2D eigenvalue weighted by Crippen LogP contribution is 2.61. The minimum absolute atomic E-state index is 0.117. The van der Waals surface area contributed by atoms with E-state index in [1.54, 1.807) is 0 Å². The Bertz CT molecular complexity index is 404. The van der Waals surface area contributed by atoms with E-state index in [1.807, 2.05) is 0 Å². The molecule has 1 rings (SSSR count). The third-order valence-corrected chi connectivity index (χ3v) is 4.75. The third kappa shape index (κ3) is 4.50. The van der Waals surface area contributed by atoms with Crippen molar-refractivity contribution in [2.24, 2.45) is 0 Å². The van der Waals surface area contributed by atoms with Crippen LogP contribution in [-0.2, 0) is 13.6 Å². The Balaban J connectivity index is 3.30. The molecular weight excluding hydrogens is 280 g/mol. The Kier molecular flexibility index (Phi) is 5.87. The van der Waals surface area contributed by atoms with Gasteiger partial charge in [0.15, 0.2) is 5.31 Å². The number of hydrogen-bond acceptors (Lipinski definition) is 3. The fraction of sp³-hybridized carbons (Fsp3) is 0.750. The third-order valence-electron chi connectivity index (χ3n) is 2.64. The van der Waals surface area contributed by atoms with E-state index in [4.69, 9.17) is 9.05 Å². The van der Waals surface area contributed by atoms with Crippen molar-refractivity contribution in [3.63, 3.8) is 0 Å². The van der Waals surface area contributed by atoms with Crippen molar-refractivity contribution in [1.29, 1.82) is 0 Å². The lowest BCUT2D eigenvalue weighted by Gasteiger charge is -2.20. The maximum atomic E-state index is 13.1. The van der Waals surface area contributed by atoms with Gasteiger partial charge in [-0.3, -0.25) is 4.57 Å². The molecule has 0 bridgehead atoms. The first-order valence-electron chi connectivity index (χ1n) is 6.29. The number of alkyl halides is 3. The van der Waals surface area contributed by atoms with Gasteiger partial charge in [-0.25, -0.2) is 0 Å². The van der Waals surface area contributed by atoms with Crippen molar-refractivity contribution in [2.75, 3.05) is 13.2 Å². The first-order chi connectivity index (χ1) is 8.83. The van der Waals surface area contributed by atoms with E-state index >= 15 is 0 Å². The smallest absolute Gasteiger partial charge is 0.305 e. The molecule has 110 valence electrons. The molecule has 0 aromatic carbocycles. The van der Waals surface area contributed by atoms with Crippen molar-refractivity contribution >= 4 is 7.60 Å². The fourth-order valence-corrected chi connectivity index (χ4v) is 3.51. The zero-order valence-corrected chi connectivity index (χ0v) is 11.9. The van der Waals surface area contributed by atoms with Crippen LogP contribution in [-0.4, -0.2) is 19.4 Å². The highest BCUT2D eigenvalue weighted by Gasteiger charge is 2.48. The predicted molar refractivity (Wildman–Crippen MR) is 65.9 cm³/mol. The van der Waals surface area contributed by atoms with E-state index in [0.29, 0.717) is 18.4 Å². The van der Waals surface area contributed by atoms with Crippen LogP contribution in [0.15, 0.2) is 16.6 Å². The highest BCUT2D eigenvalue weighted by atomic mass is 31.2. The number of hydrogen-bond donors (Lipinski definition) is 0. The summed E-state index contributed by atoms with van der Waals surface area (Å²) < 4.78 is 61.0. The van der Waals surface area contributed by atoms with Gasteiger partial charge in [-0.15, -0.1) is 5.73 Å². The molecule has 1 saturated carbocycles. The molecule has 0 spiro atoms. The summed E-state index contributed by atoms with van der Waals surface area (Å²) in [6.45, 7) is 2.71. The summed E-state index contributed by atoms with van der Waals surface area (Å²) in [7, 11) is -4.34. The van der Waals surface area contributed by atoms with Crippen molar-refractivity contribution in [3.8, 4) is 0 Å². The maximum absolute atomic E-state index is 13.1. The first-order valence-corrected chi connectivity index (χ1v) is 7.83. The SMILES string of the molecule is CCOP(=O)(OCC)C(=C=C1CCCC1)C(F)(F)F. The lowest BCUT2D eigenvalue weighted by molar-refractivity contribution is -0.0870. The van der Waals surface area contributed by atoms with Crippen LogP contribution < -0.4 is 0 Å². The van der Waals surface area contributed by atoms with E-state index in [9.17, 15) is 17.7 Å². The normalized spacial score (nSPS) is 16.6. The van der Waals surface area contributed by atoms with E-state index in [2.05, 4.69) is 5.73 Å². The van der Waals surface area contributed by atoms with E-state index in [0.717, 1.165) is 12.8 Å². The van der Waals surface area contributed by atoms with Gasteiger partial charge in [0.25, 0.3) is 0 Å². The Morgan fingerprint density at radius 3 is 2.05 bits per heavy atom. The molecule has 0 aliphatic heterocycles. The molecule has 0 saturated heterocycles. The van der Waals surface area contributed by atoms with Crippen molar-refractivity contribution in [2.45, 2.75) is 45.7 Å². The van der Waals surface area contributed by atoms with Crippen LogP contribution >= 0.6 is 7.60 Å². The van der Waals surface area contributed by atoms with Gasteiger partial charge in [0.1, 0.15) is 0 Å². The zero-order chi connectivity index (χ0) is 14.5. The van der Waals surface area contributed by atoms with Gasteiger partial charge >= 0.3 is 13.8 Å². The van der Waals surface area contributed by atoms with Gasteiger partial charge in [0, 0.05) is 0 Å². The van der Waals surface area contributed by atoms with E-state index in [1.165, 1.54) is 13.8 Å². The molecule has 0 aromatic rings. The first kappa shape index (κ1) is 16.5. The molecule has 0 heterocycles. The van der Waals surface area contributed by atoms with Crippen LogP contribution in [0, 0.1) is 0 Å². The topological polar surface area (TPSA) is 35.5 Å². The lowest BCUT2D eigenvalue weighted by Crippen LogP contribution is -2.14. The summed E-state index contributed by atoms with van der Waals surface area (Å²) in [6.07, 6.45) is -1.99. The monoisotopic (exact) mass is 298 g/mol. The zero-order valence-electron chi connectivity index (χ0n) is 11.0. The van der Waals surface area contributed by atoms with Crippen LogP contribution in [0.5, 0.6) is 0 Å². The summed E-state index contributed by atoms with van der Waals surface area (Å²) in [5.41, 5.74) is 2.80. The number of rotatable bonds is 5. The molecule has 1 aliphatic rings. The van der Waals surface area contributed by atoms with Crippen molar-refractivity contribution in [3.05, 3.63) is 16.6 Å². The molecular formula is C12H18F3O3P. The minimum atomic E-state index is -4.77. The average molecular weight is 298 g/mol. The summed E-state index contributed by atoms with van der Waals surface area (Å²) in [5.74, 6) is 0. The highest BCUT2D eigenvalue weighted by molar-refractivity contribution is 7.58. The van der Waals surface area contributed by atoms with E-state index < -0.39 is 19.1 Å². The van der Waals surface area contributed by atoms with Crippen LogP contribution in [0.2, 0.25) is 0 Å². The Morgan fingerprint density at radius 2 is 1.68 bits per heavy atom. The summed E-state index contributed by atoms with van der Waals surface area (Å²) in [6, 6.07) is 0. The average Bonchev–Trinajstić information content (AvgIpc) is 2.77. The summed E-state index contributed by atoms with van der Waals surface area (Å²) in [4.78, 5) is 0. The molecule has 7 heteroatoms. The number of halogens is 3. The van der Waals surface area contributed by atoms with Crippen molar-refractivity contribution < 1.29 is 26.8 Å². The molecule has 0 N–H and O–H groups in total. The van der Waals surface area contributed by atoms with Gasteiger partial charge < -0.3 is 9.05 Å². The molecule has 0 amide bonds. The maximum Gasteiger partial charge on any atom is 0.431 e. The molecule has 0 aromatic heterocycles. The van der Waals surface area contributed by atoms with Crippen molar-refractivity contribution in [1.82, 2.24) is 0 Å². The van der Waals surface area contributed by atoms with Gasteiger partial charge in [0.05, 0.1) is 13.2 Å². The van der Waals surface area contributed by atoms with Gasteiger partial charge in [0.2, 0.25) is 0 Å². The Hall–Kier alpha value is -0.540. The molecule has 3 nitrogen and oxygen atoms in total. The summed E-state index contributed by atoms with van der Waals surface area (Å²) in [5, 5.41) is -1.30. The predicted octanol–water partition coefficient (Wildman–Crippen LogP) is 4.80. The molecule has 19 heavy (non-hydrogen) atoms. The second-order valence-corrected chi connectivity index (χ2v) is 6.07. The van der Waals surface area contributed by atoms with Gasteiger partial charge in [-0.1, -0.05) is 0 Å². The van der Waals surface area contributed by atoms with Crippen LogP contribution in [0.1, 0.15) is 39.5 Å². The minimum Gasteiger partial charge on any atom is -0.305 e. The van der Waals surface area contributed by atoms with Crippen LogP contribution in [0.3, 0.4) is 0 Å². The standard InChI is InChI=1S/C12H18F3O3P/c1-3-17-19(16,18-4-2)11(12(13,14)15)9-10-7-5-6-8-10/h3-8H2,1-2H3. The van der Waals surface area contributed by atoms with Crippen LogP contribution in [0.25, 0.3) is 0 Å². The van der Waals surface area contributed by atoms with Gasteiger partial charge in [-0.2, -0.15) is 13.2 Å². The molecule has 0 radical (unpaired) electrons. The summed E-state index contributed by atoms with van der Waals surface area (Å²) >= 11 is 0. The second-order valence-electron chi connectivity index (χ2n) is 4.12. The van der Waals surface area contributed by atoms with Gasteiger partial charge in [-0.05, 0) is 45.1 Å². The fourth-order valence-electron chi connectivity index (χ4n) is 1.90. The second kappa shape index (κ2) is 6.76. The molecule has 0 unspecified atom stereocenters. The van der Waals surface area contributed by atoms with E-state index in [-0.39, 0.29) is 13.2 Å². The largest absolute Gasteiger partial charge is 0.431 e. The Morgan fingerprint density at radius 1 is 1.21 bits per heavy atom. The Labute approximate surface area is 111 Å². The quantitative estimate of drug-likeness (QED) is 0.540. The molecule has 0 atom stereocenters. The molecule has 1 fully saturated rings.